The number of aromatic nitrogens is 2. The van der Waals surface area contributed by atoms with Crippen molar-refractivity contribution in [2.45, 2.75) is 23.1 Å². The maximum atomic E-state index is 12.7. The first-order chi connectivity index (χ1) is 19.0. The number of carbonyl (C=O) groups is 2. The third-order valence-electron chi connectivity index (χ3n) is 6.83. The molecule has 4 heterocycles. The van der Waals surface area contributed by atoms with Crippen LogP contribution in [0.15, 0.2) is 52.7 Å². The molecule has 2 aromatic carbocycles. The molecule has 3 aromatic rings. The molecule has 3 aliphatic heterocycles. The van der Waals surface area contributed by atoms with Crippen LogP contribution in [0.25, 0.3) is 21.3 Å². The number of likely N-dealkylation sites (tertiary alicyclic amines) is 1. The van der Waals surface area contributed by atoms with Gasteiger partial charge >= 0.3 is 6.09 Å². The van der Waals surface area contributed by atoms with Crippen LogP contribution in [-0.2, 0) is 9.53 Å². The van der Waals surface area contributed by atoms with Crippen molar-refractivity contribution in [1.82, 2.24) is 14.9 Å². The van der Waals surface area contributed by atoms with Gasteiger partial charge in [-0.25, -0.2) is 14.8 Å². The van der Waals surface area contributed by atoms with Gasteiger partial charge < -0.3 is 19.5 Å². The Bertz CT molecular complexity index is 1500. The van der Waals surface area contributed by atoms with Crippen molar-refractivity contribution in [2.75, 3.05) is 49.3 Å². The van der Waals surface area contributed by atoms with Gasteiger partial charge in [0.1, 0.15) is 24.3 Å². The number of ether oxygens (including phenoxy) is 3. The van der Waals surface area contributed by atoms with Gasteiger partial charge in [0.15, 0.2) is 0 Å². The summed E-state index contributed by atoms with van der Waals surface area (Å²) in [5, 5.41) is 7.50. The number of carbonyl (C=O) groups excluding carboxylic acids is 2. The number of amides is 2. The van der Waals surface area contributed by atoms with E-state index in [9.17, 15) is 9.59 Å². The van der Waals surface area contributed by atoms with E-state index in [2.05, 4.69) is 30.2 Å². The molecule has 2 saturated heterocycles. The van der Waals surface area contributed by atoms with E-state index in [-0.39, 0.29) is 5.91 Å². The SMILES string of the molecule is COc1ccc2ncnc(O[C@@H]3CN(CC4CN(c5ccc6c(c5)NC(=O)CS6)C(=O)O4)C[C@H]3N=[N+]=[N-])c2c1. The van der Waals surface area contributed by atoms with Gasteiger partial charge in [-0.3, -0.25) is 14.6 Å². The van der Waals surface area contributed by atoms with Crippen molar-refractivity contribution < 1.29 is 23.8 Å². The van der Waals surface area contributed by atoms with Crippen molar-refractivity contribution in [3.05, 3.63) is 53.2 Å². The van der Waals surface area contributed by atoms with Crippen LogP contribution in [0.5, 0.6) is 11.6 Å². The zero-order chi connectivity index (χ0) is 26.9. The minimum absolute atomic E-state index is 0.0685. The molecule has 200 valence electrons. The Balaban J connectivity index is 1.14. The van der Waals surface area contributed by atoms with Crippen molar-refractivity contribution in [3.8, 4) is 11.6 Å². The van der Waals surface area contributed by atoms with E-state index >= 15 is 0 Å². The molecule has 2 fully saturated rings. The van der Waals surface area contributed by atoms with Crippen LogP contribution in [0, 0.1) is 0 Å². The number of nitrogens with one attached hydrogen (secondary N) is 1. The lowest BCUT2D eigenvalue weighted by Gasteiger charge is -2.21. The molecule has 2 amide bonds. The highest BCUT2D eigenvalue weighted by atomic mass is 32.2. The van der Waals surface area contributed by atoms with Crippen LogP contribution in [-0.4, -0.2) is 84.2 Å². The fourth-order valence-electron chi connectivity index (χ4n) is 5.01. The number of azide groups is 1. The molecule has 0 aliphatic carbocycles. The smallest absolute Gasteiger partial charge is 0.414 e. The van der Waals surface area contributed by atoms with E-state index in [0.717, 1.165) is 4.90 Å². The molecule has 3 aliphatic rings. The molecule has 39 heavy (non-hydrogen) atoms. The monoisotopic (exact) mass is 548 g/mol. The van der Waals surface area contributed by atoms with Gasteiger partial charge in [-0.15, -0.1) is 11.8 Å². The summed E-state index contributed by atoms with van der Waals surface area (Å²) in [7, 11) is 1.58. The number of benzene rings is 2. The Morgan fingerprint density at radius 1 is 1.21 bits per heavy atom. The van der Waals surface area contributed by atoms with Crippen molar-refractivity contribution >= 4 is 46.0 Å². The van der Waals surface area contributed by atoms with Gasteiger partial charge in [-0.2, -0.15) is 0 Å². The first-order valence-electron chi connectivity index (χ1n) is 12.3. The van der Waals surface area contributed by atoms with E-state index in [4.69, 9.17) is 19.7 Å². The van der Waals surface area contributed by atoms with E-state index in [1.807, 2.05) is 24.3 Å². The number of anilines is 2. The Labute approximate surface area is 227 Å². The highest BCUT2D eigenvalue weighted by Gasteiger charge is 2.39. The Kier molecular flexibility index (Phi) is 6.73. The first kappa shape index (κ1) is 25.0. The van der Waals surface area contributed by atoms with Crippen molar-refractivity contribution in [3.63, 3.8) is 0 Å². The second-order valence-electron chi connectivity index (χ2n) is 9.34. The lowest BCUT2D eigenvalue weighted by molar-refractivity contribution is -0.113. The highest BCUT2D eigenvalue weighted by Crippen LogP contribution is 2.36. The van der Waals surface area contributed by atoms with Crippen LogP contribution in [0.1, 0.15) is 0 Å². The zero-order valence-corrected chi connectivity index (χ0v) is 21.7. The standard InChI is InChI=1S/C25H24N8O5S/c1-36-15-3-4-18-17(7-15)24(28-13-27-18)38-21-11-32(10-20(21)30-31-26)8-16-9-33(25(35)37-16)14-2-5-22-19(6-14)29-23(34)12-39-22/h2-7,13,16,20-21H,8-12H2,1H3,(H,29,34)/t16?,20-,21-/m1/s1. The first-order valence-corrected chi connectivity index (χ1v) is 13.3. The number of hydrogen-bond donors (Lipinski definition) is 1. The average molecular weight is 549 g/mol. The number of cyclic esters (lactones) is 1. The van der Waals surface area contributed by atoms with Crippen LogP contribution >= 0.6 is 11.8 Å². The third-order valence-corrected chi connectivity index (χ3v) is 7.90. The Morgan fingerprint density at radius 2 is 2.10 bits per heavy atom. The molecular formula is C25H24N8O5S. The highest BCUT2D eigenvalue weighted by molar-refractivity contribution is 8.00. The minimum atomic E-state index is -0.458. The van der Waals surface area contributed by atoms with Crippen LogP contribution in [0.2, 0.25) is 0 Å². The lowest BCUT2D eigenvalue weighted by Crippen LogP contribution is -2.34. The number of methoxy groups -OCH3 is 1. The summed E-state index contributed by atoms with van der Waals surface area (Å²) in [6.07, 6.45) is 0.124. The summed E-state index contributed by atoms with van der Waals surface area (Å²) in [6.45, 7) is 1.69. The van der Waals surface area contributed by atoms with Crippen molar-refractivity contribution in [2.24, 2.45) is 5.11 Å². The fourth-order valence-corrected chi connectivity index (χ4v) is 5.79. The van der Waals surface area contributed by atoms with Crippen molar-refractivity contribution in [1.29, 1.82) is 0 Å². The molecule has 0 bridgehead atoms. The molecule has 1 aromatic heterocycles. The molecule has 0 saturated carbocycles. The van der Waals surface area contributed by atoms with Gasteiger partial charge in [0.2, 0.25) is 11.8 Å². The van der Waals surface area contributed by atoms with Gasteiger partial charge in [-0.1, -0.05) is 5.11 Å². The van der Waals surface area contributed by atoms with E-state index < -0.39 is 24.3 Å². The predicted octanol–water partition coefficient (Wildman–Crippen LogP) is 3.45. The topological polar surface area (TPSA) is 155 Å². The lowest BCUT2D eigenvalue weighted by atomic mass is 10.2. The van der Waals surface area contributed by atoms with Crippen LogP contribution < -0.4 is 19.7 Å². The second-order valence-corrected chi connectivity index (χ2v) is 10.4. The van der Waals surface area contributed by atoms with Crippen LogP contribution in [0.4, 0.5) is 16.2 Å². The maximum Gasteiger partial charge on any atom is 0.414 e. The summed E-state index contributed by atoms with van der Waals surface area (Å²) in [5.41, 5.74) is 11.2. The van der Waals surface area contributed by atoms with Gasteiger partial charge in [0, 0.05) is 35.1 Å². The maximum absolute atomic E-state index is 12.7. The summed E-state index contributed by atoms with van der Waals surface area (Å²) in [6, 6.07) is 10.5. The molecule has 6 rings (SSSR count). The third kappa shape index (κ3) is 5.09. The Morgan fingerprint density at radius 3 is 2.95 bits per heavy atom. The Hall–Kier alpha value is -4.26. The van der Waals surface area contributed by atoms with Gasteiger partial charge in [0.25, 0.3) is 0 Å². The van der Waals surface area contributed by atoms with E-state index in [1.165, 1.54) is 18.1 Å². The summed E-state index contributed by atoms with van der Waals surface area (Å²) >= 11 is 1.46. The predicted molar refractivity (Wildman–Crippen MR) is 143 cm³/mol. The van der Waals surface area contributed by atoms with Crippen LogP contribution in [0.3, 0.4) is 0 Å². The minimum Gasteiger partial charge on any atom is -0.497 e. The number of fused-ring (bicyclic) bond motifs is 2. The van der Waals surface area contributed by atoms with E-state index in [1.54, 1.807) is 24.1 Å². The van der Waals surface area contributed by atoms with E-state index in [0.29, 0.717) is 65.8 Å². The average Bonchev–Trinajstić information content (AvgIpc) is 3.50. The summed E-state index contributed by atoms with van der Waals surface area (Å²) in [5.74, 6) is 1.33. The number of nitrogens with zero attached hydrogens (tertiary/aromatic N) is 7. The number of thioether (sulfide) groups is 1. The molecule has 1 unspecified atom stereocenters. The number of rotatable bonds is 7. The molecule has 14 heteroatoms. The normalized spacial score (nSPS) is 22.7. The summed E-state index contributed by atoms with van der Waals surface area (Å²) in [4.78, 5) is 40.7. The molecule has 3 atom stereocenters. The van der Waals surface area contributed by atoms with Gasteiger partial charge in [0.05, 0.1) is 42.0 Å². The quantitative estimate of drug-likeness (QED) is 0.265. The molecule has 13 nitrogen and oxygen atoms in total. The largest absolute Gasteiger partial charge is 0.497 e. The molecule has 0 spiro atoms. The molecular weight excluding hydrogens is 524 g/mol. The zero-order valence-electron chi connectivity index (χ0n) is 20.9. The summed E-state index contributed by atoms with van der Waals surface area (Å²) < 4.78 is 17.2. The molecule has 0 radical (unpaired) electrons. The molecule has 1 N–H and O–H groups in total. The fraction of sp³-hybridized carbons (Fsp3) is 0.360. The number of hydrogen-bond acceptors (Lipinski definition) is 10. The second kappa shape index (κ2) is 10.5. The van der Waals surface area contributed by atoms with Gasteiger partial charge in [-0.05, 0) is 41.9 Å².